The largest absolute Gasteiger partial charge is 0.207 e. The second kappa shape index (κ2) is 20.7. The number of benzene rings is 5. The molecule has 47 heavy (non-hydrogen) atoms. The standard InChI is InChI=1S/2C8H8F2.2C8H9F.C8H10.CH4/c1-5-3-7(9)6(2)8(10)4-5;1-5-3-4-6(2)8(10)7(5)9;2*1-6-3-4-7(2)8(9)5-6;1-7-3-5-8(2)6-4-7;/h2*3-4H,1-2H3;2*3-5H,1-2H3;3-6H,1-2H3;1H4. The molecule has 5 rings (SSSR count). The van der Waals surface area contributed by atoms with Crippen LogP contribution in [0.4, 0.5) is 26.3 Å². The molecule has 0 nitrogen and oxygen atoms in total. The molecular weight excluding hydrogens is 606 g/mol. The maximum atomic E-state index is 12.6. The minimum absolute atomic E-state index is 0. The van der Waals surface area contributed by atoms with Gasteiger partial charge < -0.3 is 0 Å². The van der Waals surface area contributed by atoms with E-state index in [2.05, 4.69) is 38.1 Å². The van der Waals surface area contributed by atoms with Crippen LogP contribution in [0.5, 0.6) is 0 Å². The number of hydrogen-bond acceptors (Lipinski definition) is 0. The van der Waals surface area contributed by atoms with Gasteiger partial charge in [0.2, 0.25) is 0 Å². The third kappa shape index (κ3) is 15.7. The molecule has 0 spiro atoms. The van der Waals surface area contributed by atoms with E-state index >= 15 is 0 Å². The van der Waals surface area contributed by atoms with Crippen molar-refractivity contribution in [1.29, 1.82) is 0 Å². The molecule has 0 bridgehead atoms. The van der Waals surface area contributed by atoms with Gasteiger partial charge in [0.05, 0.1) is 0 Å². The molecule has 0 heterocycles. The summed E-state index contributed by atoms with van der Waals surface area (Å²) in [6.45, 7) is 17.6. The summed E-state index contributed by atoms with van der Waals surface area (Å²) in [5.41, 5.74) is 7.42. The highest BCUT2D eigenvalue weighted by atomic mass is 19.2. The first-order valence-electron chi connectivity index (χ1n) is 14.7. The van der Waals surface area contributed by atoms with Crippen molar-refractivity contribution in [2.45, 2.75) is 76.7 Å². The fourth-order valence-electron chi connectivity index (χ4n) is 3.55. The number of aryl methyl sites for hydroxylation is 9. The molecule has 254 valence electrons. The van der Waals surface area contributed by atoms with E-state index in [1.54, 1.807) is 45.0 Å². The van der Waals surface area contributed by atoms with Crippen molar-refractivity contribution < 1.29 is 26.3 Å². The first kappa shape index (κ1) is 42.7. The summed E-state index contributed by atoms with van der Waals surface area (Å²) in [5.74, 6) is -2.65. The number of rotatable bonds is 0. The zero-order chi connectivity index (χ0) is 35.1. The molecule has 5 aromatic carbocycles. The van der Waals surface area contributed by atoms with Gasteiger partial charge in [0.1, 0.15) is 23.3 Å². The third-order valence-electron chi connectivity index (χ3n) is 6.77. The maximum absolute atomic E-state index is 12.6. The Morgan fingerprint density at radius 1 is 0.298 bits per heavy atom. The molecule has 0 amide bonds. The summed E-state index contributed by atoms with van der Waals surface area (Å²) in [4.78, 5) is 0. The number of halogens is 6. The summed E-state index contributed by atoms with van der Waals surface area (Å²) >= 11 is 0. The summed E-state index contributed by atoms with van der Waals surface area (Å²) in [6, 6.07) is 24.7. The average molecular weight is 655 g/mol. The number of hydrogen-bond donors (Lipinski definition) is 0. The van der Waals surface area contributed by atoms with Crippen LogP contribution >= 0.6 is 0 Å². The quantitative estimate of drug-likeness (QED) is 0.146. The van der Waals surface area contributed by atoms with Crippen LogP contribution in [0.25, 0.3) is 0 Å². The summed E-state index contributed by atoms with van der Waals surface area (Å²) < 4.78 is 75.6. The molecule has 5 aromatic rings. The van der Waals surface area contributed by atoms with Gasteiger partial charge in [-0.2, -0.15) is 0 Å². The second-order valence-electron chi connectivity index (χ2n) is 11.3. The molecule has 0 atom stereocenters. The Hall–Kier alpha value is -4.32. The van der Waals surface area contributed by atoms with Gasteiger partial charge in [-0.1, -0.05) is 79.2 Å². The Labute approximate surface area is 278 Å². The van der Waals surface area contributed by atoms with Crippen LogP contribution in [-0.4, -0.2) is 0 Å². The van der Waals surface area contributed by atoms with Crippen molar-refractivity contribution in [3.8, 4) is 0 Å². The molecular formula is C41H48F6. The van der Waals surface area contributed by atoms with E-state index in [1.165, 1.54) is 56.2 Å². The molecule has 0 N–H and O–H groups in total. The van der Waals surface area contributed by atoms with Crippen molar-refractivity contribution >= 4 is 0 Å². The van der Waals surface area contributed by atoms with E-state index < -0.39 is 23.3 Å². The van der Waals surface area contributed by atoms with Crippen molar-refractivity contribution in [1.82, 2.24) is 0 Å². The summed E-state index contributed by atoms with van der Waals surface area (Å²) in [6.07, 6.45) is 0. The zero-order valence-corrected chi connectivity index (χ0v) is 28.4. The lowest BCUT2D eigenvalue weighted by molar-refractivity contribution is 0.497. The lowest BCUT2D eigenvalue weighted by Gasteiger charge is -1.99. The first-order chi connectivity index (χ1) is 21.4. The van der Waals surface area contributed by atoms with Gasteiger partial charge in [0.15, 0.2) is 11.6 Å². The van der Waals surface area contributed by atoms with E-state index in [-0.39, 0.29) is 24.6 Å². The lowest BCUT2D eigenvalue weighted by Crippen LogP contribution is -1.91. The molecule has 0 aliphatic carbocycles. The van der Waals surface area contributed by atoms with E-state index in [9.17, 15) is 26.3 Å². The third-order valence-corrected chi connectivity index (χ3v) is 6.77. The monoisotopic (exact) mass is 654 g/mol. The molecule has 0 fully saturated rings. The predicted octanol–water partition coefficient (Wildman–Crippen LogP) is 13.0. The van der Waals surface area contributed by atoms with Gasteiger partial charge in [0, 0.05) is 5.56 Å². The molecule has 0 aliphatic rings. The average Bonchev–Trinajstić information content (AvgIpc) is 3.00. The highest BCUT2D eigenvalue weighted by Crippen LogP contribution is 2.14. The lowest BCUT2D eigenvalue weighted by atomic mass is 10.1. The van der Waals surface area contributed by atoms with Crippen LogP contribution in [0.15, 0.2) is 84.9 Å². The Balaban J connectivity index is 0.000000561. The van der Waals surface area contributed by atoms with Crippen molar-refractivity contribution in [2.75, 3.05) is 0 Å². The van der Waals surface area contributed by atoms with Crippen LogP contribution in [0.1, 0.15) is 63.1 Å². The molecule has 0 aromatic heterocycles. The molecule has 6 heteroatoms. The molecule has 0 radical (unpaired) electrons. The van der Waals surface area contributed by atoms with Crippen LogP contribution in [0.3, 0.4) is 0 Å². The van der Waals surface area contributed by atoms with Crippen LogP contribution in [0, 0.1) is 104 Å². The smallest absolute Gasteiger partial charge is 0.161 e. The maximum Gasteiger partial charge on any atom is 0.161 e. The molecule has 0 saturated heterocycles. The Morgan fingerprint density at radius 2 is 0.553 bits per heavy atom. The predicted molar refractivity (Wildman–Crippen MR) is 186 cm³/mol. The Kier molecular flexibility index (Phi) is 18.8. The molecule has 0 saturated carbocycles. The van der Waals surface area contributed by atoms with Gasteiger partial charge in [0.25, 0.3) is 0 Å². The Morgan fingerprint density at radius 3 is 0.830 bits per heavy atom. The Bertz CT molecular complexity index is 1570. The van der Waals surface area contributed by atoms with Gasteiger partial charge in [-0.25, -0.2) is 26.3 Å². The second-order valence-corrected chi connectivity index (χ2v) is 11.3. The fraction of sp³-hybridized carbons (Fsp3) is 0.268. The van der Waals surface area contributed by atoms with Gasteiger partial charge in [-0.3, -0.25) is 0 Å². The SMILES string of the molecule is C.Cc1cc(F)c(C)c(F)c1.Cc1ccc(C)c(F)c1.Cc1ccc(C)c(F)c1.Cc1ccc(C)c(F)c1F.Cc1ccc(C)cc1. The zero-order valence-electron chi connectivity index (χ0n) is 28.4. The van der Waals surface area contributed by atoms with E-state index in [1.807, 2.05) is 26.0 Å². The van der Waals surface area contributed by atoms with E-state index in [0.29, 0.717) is 27.8 Å². The first-order valence-corrected chi connectivity index (χ1v) is 14.7. The normalized spacial score (nSPS) is 9.53. The highest BCUT2D eigenvalue weighted by Gasteiger charge is 2.06. The summed E-state index contributed by atoms with van der Waals surface area (Å²) in [7, 11) is 0. The van der Waals surface area contributed by atoms with Gasteiger partial charge >= 0.3 is 0 Å². The van der Waals surface area contributed by atoms with Crippen LogP contribution < -0.4 is 0 Å². The van der Waals surface area contributed by atoms with Gasteiger partial charge in [-0.15, -0.1) is 0 Å². The van der Waals surface area contributed by atoms with E-state index in [0.717, 1.165) is 11.1 Å². The van der Waals surface area contributed by atoms with Crippen molar-refractivity contribution in [3.05, 3.63) is 175 Å². The van der Waals surface area contributed by atoms with Crippen molar-refractivity contribution in [3.63, 3.8) is 0 Å². The topological polar surface area (TPSA) is 0 Å². The minimum atomic E-state index is -0.736. The van der Waals surface area contributed by atoms with Crippen molar-refractivity contribution in [2.24, 2.45) is 0 Å². The van der Waals surface area contributed by atoms with Crippen LogP contribution in [0.2, 0.25) is 0 Å². The van der Waals surface area contributed by atoms with E-state index in [4.69, 9.17) is 0 Å². The minimum Gasteiger partial charge on any atom is -0.207 e. The summed E-state index contributed by atoms with van der Waals surface area (Å²) in [5, 5.41) is 0. The highest BCUT2D eigenvalue weighted by molar-refractivity contribution is 5.25. The molecule has 0 aliphatic heterocycles. The van der Waals surface area contributed by atoms with Crippen LogP contribution in [-0.2, 0) is 0 Å². The van der Waals surface area contributed by atoms with Gasteiger partial charge in [-0.05, 0) is 132 Å². The molecule has 0 unspecified atom stereocenters. The fourth-order valence-corrected chi connectivity index (χ4v) is 3.55.